The molecule has 0 unspecified atom stereocenters. The van der Waals surface area contributed by atoms with Gasteiger partial charge in [-0.2, -0.15) is 4.98 Å². The highest BCUT2D eigenvalue weighted by Crippen LogP contribution is 2.15. The van der Waals surface area contributed by atoms with E-state index in [1.54, 1.807) is 25.1 Å². The Morgan fingerprint density at radius 1 is 1.44 bits per heavy atom. The molecule has 2 rings (SSSR count). The van der Waals surface area contributed by atoms with Crippen LogP contribution in [0.5, 0.6) is 0 Å². The lowest BCUT2D eigenvalue weighted by atomic mass is 10.1. The molecule has 1 amide bonds. The highest BCUT2D eigenvalue weighted by atomic mass is 35.5. The number of hydrogen-bond donors (Lipinski definition) is 1. The number of hydrogen-bond acceptors (Lipinski definition) is 4. The Labute approximate surface area is 109 Å². The van der Waals surface area contributed by atoms with Crippen LogP contribution in [-0.2, 0) is 0 Å². The van der Waals surface area contributed by atoms with Crippen molar-refractivity contribution in [2.45, 2.75) is 19.9 Å². The maximum Gasteiger partial charge on any atom is 0.251 e. The molecule has 94 valence electrons. The molecule has 1 heterocycles. The van der Waals surface area contributed by atoms with Gasteiger partial charge in [0.1, 0.15) is 0 Å². The van der Waals surface area contributed by atoms with E-state index in [9.17, 15) is 4.79 Å². The molecule has 0 fully saturated rings. The summed E-state index contributed by atoms with van der Waals surface area (Å²) in [5.74, 6) is 0.208. The standard InChI is InChI=1S/C12H12ClN3O2/c1-7-3-9(5-10(13)4-7)12(17)15-8(2)11-14-6-18-16-11/h3-6,8H,1-2H3,(H,15,17)/t8-/m0/s1. The molecule has 18 heavy (non-hydrogen) atoms. The van der Waals surface area contributed by atoms with E-state index >= 15 is 0 Å². The van der Waals surface area contributed by atoms with E-state index < -0.39 is 0 Å². The van der Waals surface area contributed by atoms with Gasteiger partial charge in [0.2, 0.25) is 6.39 Å². The number of aromatic nitrogens is 2. The Kier molecular flexibility index (Phi) is 3.62. The van der Waals surface area contributed by atoms with Crippen LogP contribution in [0.2, 0.25) is 5.02 Å². The number of amides is 1. The van der Waals surface area contributed by atoms with E-state index in [0.717, 1.165) is 5.56 Å². The summed E-state index contributed by atoms with van der Waals surface area (Å²) in [4.78, 5) is 15.9. The molecule has 0 aliphatic carbocycles. The van der Waals surface area contributed by atoms with Gasteiger partial charge in [0, 0.05) is 10.6 Å². The minimum absolute atomic E-state index is 0.224. The molecule has 0 aliphatic rings. The number of rotatable bonds is 3. The van der Waals surface area contributed by atoms with Crippen molar-refractivity contribution < 1.29 is 9.32 Å². The molecule has 1 N–H and O–H groups in total. The Morgan fingerprint density at radius 2 is 2.22 bits per heavy atom. The minimum Gasteiger partial charge on any atom is -0.343 e. The minimum atomic E-state index is -0.324. The molecular formula is C12H12ClN3O2. The van der Waals surface area contributed by atoms with Gasteiger partial charge in [-0.1, -0.05) is 16.8 Å². The topological polar surface area (TPSA) is 68.0 Å². The summed E-state index contributed by atoms with van der Waals surface area (Å²) in [5, 5.41) is 6.98. The molecule has 5 nitrogen and oxygen atoms in total. The van der Waals surface area contributed by atoms with E-state index in [1.807, 2.05) is 6.92 Å². The van der Waals surface area contributed by atoms with Crippen LogP contribution >= 0.6 is 11.6 Å². The molecule has 0 spiro atoms. The van der Waals surface area contributed by atoms with Crippen LogP contribution in [0.15, 0.2) is 29.1 Å². The van der Waals surface area contributed by atoms with Gasteiger partial charge in [-0.05, 0) is 37.6 Å². The highest BCUT2D eigenvalue weighted by Gasteiger charge is 2.15. The number of halogens is 1. The Balaban J connectivity index is 2.12. The number of nitrogens with zero attached hydrogens (tertiary/aromatic N) is 2. The van der Waals surface area contributed by atoms with Crippen LogP contribution < -0.4 is 5.32 Å². The highest BCUT2D eigenvalue weighted by molar-refractivity contribution is 6.31. The van der Waals surface area contributed by atoms with Crippen molar-refractivity contribution in [1.82, 2.24) is 15.5 Å². The average Bonchev–Trinajstić information content (AvgIpc) is 2.80. The molecule has 0 saturated heterocycles. The smallest absolute Gasteiger partial charge is 0.251 e. The summed E-state index contributed by atoms with van der Waals surface area (Å²) < 4.78 is 4.63. The van der Waals surface area contributed by atoms with Gasteiger partial charge in [-0.25, -0.2) is 0 Å². The summed E-state index contributed by atoms with van der Waals surface area (Å²) in [7, 11) is 0. The van der Waals surface area contributed by atoms with Crippen molar-refractivity contribution in [1.29, 1.82) is 0 Å². The average molecular weight is 266 g/mol. The lowest BCUT2D eigenvalue weighted by Crippen LogP contribution is -2.27. The SMILES string of the molecule is Cc1cc(Cl)cc(C(=O)N[C@@H](C)c2ncon2)c1. The first-order valence-electron chi connectivity index (χ1n) is 5.40. The molecule has 1 atom stereocenters. The molecular weight excluding hydrogens is 254 g/mol. The summed E-state index contributed by atoms with van der Waals surface area (Å²) in [5.41, 5.74) is 1.44. The van der Waals surface area contributed by atoms with E-state index in [4.69, 9.17) is 11.6 Å². The van der Waals surface area contributed by atoms with Crippen molar-refractivity contribution in [2.24, 2.45) is 0 Å². The van der Waals surface area contributed by atoms with Crippen LogP contribution in [0.4, 0.5) is 0 Å². The fraction of sp³-hybridized carbons (Fsp3) is 0.250. The molecule has 0 saturated carbocycles. The van der Waals surface area contributed by atoms with Crippen molar-refractivity contribution in [3.63, 3.8) is 0 Å². The number of benzene rings is 1. The van der Waals surface area contributed by atoms with E-state index in [-0.39, 0.29) is 11.9 Å². The molecule has 6 heteroatoms. The first-order chi connectivity index (χ1) is 8.56. The summed E-state index contributed by atoms with van der Waals surface area (Å²) in [6.45, 7) is 3.66. The largest absolute Gasteiger partial charge is 0.343 e. The Hall–Kier alpha value is -1.88. The van der Waals surface area contributed by atoms with Crippen LogP contribution in [0.1, 0.15) is 34.7 Å². The zero-order valence-electron chi connectivity index (χ0n) is 9.98. The zero-order valence-corrected chi connectivity index (χ0v) is 10.7. The van der Waals surface area contributed by atoms with Crippen LogP contribution in [0.3, 0.4) is 0 Å². The van der Waals surface area contributed by atoms with Gasteiger partial charge < -0.3 is 9.84 Å². The predicted molar refractivity (Wildman–Crippen MR) is 66.4 cm³/mol. The van der Waals surface area contributed by atoms with Crippen LogP contribution in [-0.4, -0.2) is 16.0 Å². The van der Waals surface area contributed by atoms with Gasteiger partial charge in [-0.15, -0.1) is 0 Å². The zero-order chi connectivity index (χ0) is 13.1. The second-order valence-corrected chi connectivity index (χ2v) is 4.44. The second kappa shape index (κ2) is 5.18. The molecule has 1 aromatic heterocycles. The lowest BCUT2D eigenvalue weighted by Gasteiger charge is -2.10. The fourth-order valence-electron chi connectivity index (χ4n) is 1.58. The van der Waals surface area contributed by atoms with Gasteiger partial charge in [0.25, 0.3) is 5.91 Å². The lowest BCUT2D eigenvalue weighted by molar-refractivity contribution is 0.0938. The fourth-order valence-corrected chi connectivity index (χ4v) is 1.87. The molecule has 1 aromatic carbocycles. The third kappa shape index (κ3) is 2.87. The summed E-state index contributed by atoms with van der Waals surface area (Å²) in [6, 6.07) is 4.85. The van der Waals surface area contributed by atoms with E-state index in [2.05, 4.69) is 20.0 Å². The van der Waals surface area contributed by atoms with E-state index in [1.165, 1.54) is 6.39 Å². The Morgan fingerprint density at radius 3 is 2.83 bits per heavy atom. The van der Waals surface area contributed by atoms with Gasteiger partial charge in [0.05, 0.1) is 6.04 Å². The van der Waals surface area contributed by atoms with Crippen molar-refractivity contribution in [3.05, 3.63) is 46.6 Å². The number of nitrogens with one attached hydrogen (secondary N) is 1. The molecule has 2 aromatic rings. The van der Waals surface area contributed by atoms with Crippen molar-refractivity contribution in [3.8, 4) is 0 Å². The maximum atomic E-state index is 12.0. The van der Waals surface area contributed by atoms with Crippen LogP contribution in [0.25, 0.3) is 0 Å². The molecule has 0 bridgehead atoms. The number of carbonyl (C=O) groups excluding carboxylic acids is 1. The third-order valence-electron chi connectivity index (χ3n) is 2.42. The number of aryl methyl sites for hydroxylation is 1. The normalized spacial score (nSPS) is 12.2. The van der Waals surface area contributed by atoms with Crippen molar-refractivity contribution >= 4 is 17.5 Å². The Bertz CT molecular complexity index is 534. The van der Waals surface area contributed by atoms with Crippen LogP contribution in [0, 0.1) is 6.92 Å². The second-order valence-electron chi connectivity index (χ2n) is 4.00. The molecule has 0 radical (unpaired) electrons. The van der Waals surface area contributed by atoms with Crippen molar-refractivity contribution in [2.75, 3.05) is 0 Å². The van der Waals surface area contributed by atoms with E-state index in [0.29, 0.717) is 16.4 Å². The first-order valence-corrected chi connectivity index (χ1v) is 5.78. The first kappa shape index (κ1) is 12.6. The van der Waals surface area contributed by atoms with Gasteiger partial charge >= 0.3 is 0 Å². The predicted octanol–water partition coefficient (Wildman–Crippen LogP) is 2.52. The summed E-state index contributed by atoms with van der Waals surface area (Å²) >= 11 is 5.91. The molecule has 0 aliphatic heterocycles. The maximum absolute atomic E-state index is 12.0. The summed E-state index contributed by atoms with van der Waals surface area (Å²) in [6.07, 6.45) is 1.22. The number of carbonyl (C=O) groups is 1. The monoisotopic (exact) mass is 265 g/mol. The van der Waals surface area contributed by atoms with Gasteiger partial charge in [-0.3, -0.25) is 4.79 Å². The van der Waals surface area contributed by atoms with Gasteiger partial charge in [0.15, 0.2) is 5.82 Å². The third-order valence-corrected chi connectivity index (χ3v) is 2.64. The quantitative estimate of drug-likeness (QED) is 0.926.